The molecule has 110 valence electrons. The first-order valence-corrected chi connectivity index (χ1v) is 7.00. The first-order chi connectivity index (χ1) is 9.61. The van der Waals surface area contributed by atoms with Gasteiger partial charge in [-0.25, -0.2) is 0 Å². The van der Waals surface area contributed by atoms with E-state index in [1.54, 1.807) is 14.0 Å². The van der Waals surface area contributed by atoms with Crippen LogP contribution in [0.25, 0.3) is 0 Å². The maximum atomic E-state index is 11.8. The number of hydrogen-bond donors (Lipinski definition) is 1. The Balaban J connectivity index is 1.90. The summed E-state index contributed by atoms with van der Waals surface area (Å²) in [5, 5.41) is 0. The number of benzene rings is 1. The van der Waals surface area contributed by atoms with E-state index in [-0.39, 0.29) is 5.91 Å². The van der Waals surface area contributed by atoms with Crippen molar-refractivity contribution < 1.29 is 9.53 Å². The molecule has 0 aliphatic carbocycles. The van der Waals surface area contributed by atoms with Crippen molar-refractivity contribution in [3.63, 3.8) is 0 Å². The van der Waals surface area contributed by atoms with E-state index in [9.17, 15) is 4.79 Å². The van der Waals surface area contributed by atoms with Gasteiger partial charge in [0, 0.05) is 38.3 Å². The average molecular weight is 277 g/mol. The van der Waals surface area contributed by atoms with E-state index < -0.39 is 6.04 Å². The summed E-state index contributed by atoms with van der Waals surface area (Å²) < 4.78 is 5.37. The van der Waals surface area contributed by atoms with Gasteiger partial charge in [-0.1, -0.05) is 18.2 Å². The predicted octanol–water partition coefficient (Wildman–Crippen LogP) is 0.687. The van der Waals surface area contributed by atoms with E-state index in [0.29, 0.717) is 0 Å². The monoisotopic (exact) mass is 277 g/mol. The molecule has 0 spiro atoms. The Kier molecular flexibility index (Phi) is 4.98. The second kappa shape index (κ2) is 6.72. The van der Waals surface area contributed by atoms with Gasteiger partial charge in [0.15, 0.2) is 0 Å². The maximum absolute atomic E-state index is 11.8. The van der Waals surface area contributed by atoms with Crippen molar-refractivity contribution in [3.05, 3.63) is 29.8 Å². The van der Waals surface area contributed by atoms with Gasteiger partial charge < -0.3 is 15.4 Å². The maximum Gasteiger partial charge on any atom is 0.239 e. The molecule has 1 aliphatic heterocycles. The van der Waals surface area contributed by atoms with Crippen LogP contribution in [0.5, 0.6) is 5.75 Å². The third kappa shape index (κ3) is 3.49. The lowest BCUT2D eigenvalue weighted by Crippen LogP contribution is -2.52. The number of methoxy groups -OCH3 is 1. The number of para-hydroxylation sites is 1. The van der Waals surface area contributed by atoms with Crippen molar-refractivity contribution in [1.29, 1.82) is 0 Å². The van der Waals surface area contributed by atoms with Gasteiger partial charge in [-0.3, -0.25) is 9.69 Å². The van der Waals surface area contributed by atoms with Crippen molar-refractivity contribution in [1.82, 2.24) is 9.80 Å². The van der Waals surface area contributed by atoms with Crippen molar-refractivity contribution in [3.8, 4) is 5.75 Å². The Bertz CT molecular complexity index is 454. The van der Waals surface area contributed by atoms with Crippen LogP contribution < -0.4 is 10.5 Å². The highest BCUT2D eigenvalue weighted by atomic mass is 16.5. The van der Waals surface area contributed by atoms with E-state index in [2.05, 4.69) is 11.0 Å². The second-order valence-electron chi connectivity index (χ2n) is 5.20. The Morgan fingerprint density at radius 1 is 1.30 bits per heavy atom. The molecule has 1 aromatic carbocycles. The molecule has 2 rings (SSSR count). The summed E-state index contributed by atoms with van der Waals surface area (Å²) in [5.41, 5.74) is 6.82. The summed E-state index contributed by atoms with van der Waals surface area (Å²) in [5.74, 6) is 0.962. The quantitative estimate of drug-likeness (QED) is 0.879. The lowest BCUT2D eigenvalue weighted by molar-refractivity contribution is -0.134. The fraction of sp³-hybridized carbons (Fsp3) is 0.533. The van der Waals surface area contributed by atoms with E-state index in [1.165, 1.54) is 5.56 Å². The van der Waals surface area contributed by atoms with Crippen LogP contribution in [0, 0.1) is 0 Å². The minimum atomic E-state index is -0.407. The number of amides is 1. The molecular weight excluding hydrogens is 254 g/mol. The van der Waals surface area contributed by atoms with Gasteiger partial charge in [-0.15, -0.1) is 0 Å². The molecule has 5 heteroatoms. The topological polar surface area (TPSA) is 58.8 Å². The summed E-state index contributed by atoms with van der Waals surface area (Å²) in [6.07, 6.45) is 0. The van der Waals surface area contributed by atoms with Gasteiger partial charge >= 0.3 is 0 Å². The highest BCUT2D eigenvalue weighted by Crippen LogP contribution is 2.19. The summed E-state index contributed by atoms with van der Waals surface area (Å²) in [6.45, 7) is 5.83. The lowest BCUT2D eigenvalue weighted by Gasteiger charge is -2.35. The van der Waals surface area contributed by atoms with Gasteiger partial charge in [0.1, 0.15) is 5.75 Å². The van der Waals surface area contributed by atoms with Crippen LogP contribution in [0.2, 0.25) is 0 Å². The zero-order valence-electron chi connectivity index (χ0n) is 12.2. The van der Waals surface area contributed by atoms with Crippen molar-refractivity contribution in [2.75, 3.05) is 33.3 Å². The number of carbonyl (C=O) groups excluding carboxylic acids is 1. The lowest BCUT2D eigenvalue weighted by atomic mass is 10.1. The Labute approximate surface area is 120 Å². The Morgan fingerprint density at radius 3 is 2.55 bits per heavy atom. The molecule has 1 heterocycles. The summed E-state index contributed by atoms with van der Waals surface area (Å²) in [6, 6.07) is 7.65. The molecule has 0 radical (unpaired) electrons. The van der Waals surface area contributed by atoms with Crippen LogP contribution in [-0.4, -0.2) is 55.0 Å². The molecule has 1 atom stereocenters. The fourth-order valence-corrected chi connectivity index (χ4v) is 2.49. The van der Waals surface area contributed by atoms with Crippen LogP contribution in [0.4, 0.5) is 0 Å². The van der Waals surface area contributed by atoms with Crippen molar-refractivity contribution in [2.45, 2.75) is 19.5 Å². The molecule has 0 bridgehead atoms. The number of piperazine rings is 1. The fourth-order valence-electron chi connectivity index (χ4n) is 2.49. The molecule has 20 heavy (non-hydrogen) atoms. The normalized spacial score (nSPS) is 17.9. The molecule has 0 saturated carbocycles. The Hall–Kier alpha value is -1.59. The average Bonchev–Trinajstić information content (AvgIpc) is 2.48. The molecule has 1 fully saturated rings. The first-order valence-electron chi connectivity index (χ1n) is 7.00. The van der Waals surface area contributed by atoms with Crippen LogP contribution >= 0.6 is 0 Å². The molecule has 1 aromatic rings. The highest BCUT2D eigenvalue weighted by molar-refractivity contribution is 5.81. The highest BCUT2D eigenvalue weighted by Gasteiger charge is 2.23. The molecule has 5 nitrogen and oxygen atoms in total. The molecule has 1 aliphatic rings. The van der Waals surface area contributed by atoms with Crippen LogP contribution in [-0.2, 0) is 11.3 Å². The largest absolute Gasteiger partial charge is 0.496 e. The van der Waals surface area contributed by atoms with E-state index in [0.717, 1.165) is 38.5 Å². The minimum absolute atomic E-state index is 0.0435. The smallest absolute Gasteiger partial charge is 0.239 e. The van der Waals surface area contributed by atoms with Gasteiger partial charge in [0.25, 0.3) is 0 Å². The number of hydrogen-bond acceptors (Lipinski definition) is 4. The number of nitrogens with zero attached hydrogens (tertiary/aromatic N) is 2. The third-order valence-electron chi connectivity index (χ3n) is 3.66. The van der Waals surface area contributed by atoms with Crippen LogP contribution in [0.1, 0.15) is 12.5 Å². The number of ether oxygens (including phenoxy) is 1. The number of rotatable bonds is 4. The summed E-state index contributed by atoms with van der Waals surface area (Å²) in [7, 11) is 1.69. The molecule has 1 saturated heterocycles. The van der Waals surface area contributed by atoms with Crippen LogP contribution in [0.15, 0.2) is 24.3 Å². The predicted molar refractivity (Wildman–Crippen MR) is 78.5 cm³/mol. The molecule has 0 unspecified atom stereocenters. The first kappa shape index (κ1) is 14.8. The zero-order valence-corrected chi connectivity index (χ0v) is 12.2. The molecule has 0 aromatic heterocycles. The summed E-state index contributed by atoms with van der Waals surface area (Å²) >= 11 is 0. The number of carbonyl (C=O) groups is 1. The second-order valence-corrected chi connectivity index (χ2v) is 5.20. The standard InChI is InChI=1S/C15H23N3O2/c1-12(16)15(19)18-9-7-17(8-10-18)11-13-5-3-4-6-14(13)20-2/h3-6,12H,7-11,16H2,1-2H3/t12-/m1/s1. The van der Waals surface area contributed by atoms with Crippen molar-refractivity contribution in [2.24, 2.45) is 5.73 Å². The Morgan fingerprint density at radius 2 is 1.95 bits per heavy atom. The van der Waals surface area contributed by atoms with Gasteiger partial charge in [-0.05, 0) is 13.0 Å². The number of nitrogens with two attached hydrogens (primary N) is 1. The van der Waals surface area contributed by atoms with Crippen LogP contribution in [0.3, 0.4) is 0 Å². The SMILES string of the molecule is COc1ccccc1CN1CCN(C(=O)[C@@H](C)N)CC1. The van der Waals surface area contributed by atoms with Crippen molar-refractivity contribution >= 4 is 5.91 Å². The minimum Gasteiger partial charge on any atom is -0.496 e. The molecular formula is C15H23N3O2. The van der Waals surface area contributed by atoms with E-state index in [1.807, 2.05) is 23.1 Å². The summed E-state index contributed by atoms with van der Waals surface area (Å²) in [4.78, 5) is 16.0. The third-order valence-corrected chi connectivity index (χ3v) is 3.66. The van der Waals surface area contributed by atoms with E-state index in [4.69, 9.17) is 10.5 Å². The van der Waals surface area contributed by atoms with Gasteiger partial charge in [-0.2, -0.15) is 0 Å². The molecule has 2 N–H and O–H groups in total. The molecule has 1 amide bonds. The van der Waals surface area contributed by atoms with E-state index >= 15 is 0 Å². The van der Waals surface area contributed by atoms with Gasteiger partial charge in [0.2, 0.25) is 5.91 Å². The zero-order chi connectivity index (χ0) is 14.5. The van der Waals surface area contributed by atoms with Gasteiger partial charge in [0.05, 0.1) is 13.2 Å².